The number of hydrogen-bond donors (Lipinski definition) is 0. The zero-order chi connectivity index (χ0) is 60.7. The maximum absolute atomic E-state index is 15.2. The molecule has 0 radical (unpaired) electrons. The van der Waals surface area contributed by atoms with Crippen LogP contribution in [-0.4, -0.2) is 132 Å². The summed E-state index contributed by atoms with van der Waals surface area (Å²) in [4.78, 5) is 13.9. The first-order valence-electron chi connectivity index (χ1n) is 17.9. The van der Waals surface area contributed by atoms with E-state index in [0.29, 0.717) is 0 Å². The van der Waals surface area contributed by atoms with Crippen molar-refractivity contribution >= 4 is 27.9 Å². The van der Waals surface area contributed by atoms with Crippen molar-refractivity contribution in [1.29, 1.82) is 0 Å². The molecule has 0 atom stereocenters. The van der Waals surface area contributed by atoms with Gasteiger partial charge in [0.1, 0.15) is 0 Å². The predicted molar refractivity (Wildman–Crippen MR) is 166 cm³/mol. The Hall–Kier alpha value is -3.73. The zero-order valence-corrected chi connectivity index (χ0v) is 36.9. The summed E-state index contributed by atoms with van der Waals surface area (Å²) in [6, 6.07) is -0.996. The molecule has 0 fully saturated rings. The van der Waals surface area contributed by atoms with E-state index in [1.54, 1.807) is 4.91 Å². The fourth-order valence-corrected chi connectivity index (χ4v) is 20.0. The normalized spacial score (nSPS) is 16.0. The second kappa shape index (κ2) is 19.6. The molecule has 0 unspecified atom stereocenters. The predicted octanol–water partition coefficient (Wildman–Crippen LogP) is 16.2. The minimum absolute atomic E-state index is 0.0434. The van der Waals surface area contributed by atoms with Gasteiger partial charge in [-0.25, -0.2) is 0 Å². The summed E-state index contributed by atoms with van der Waals surface area (Å²) >= 11 is -8.55. The summed E-state index contributed by atoms with van der Waals surface area (Å²) in [5.41, 5.74) is 6.74. The average Bonchev–Trinajstić information content (AvgIpc) is 3.21. The Morgan fingerprint density at radius 1 is 0.373 bits per heavy atom. The number of benzene rings is 1. The topological polar surface area (TPSA) is 65.8 Å². The Morgan fingerprint density at radius 2 is 0.600 bits per heavy atom. The summed E-state index contributed by atoms with van der Waals surface area (Å²) in [5, 5.41) is 2.15. The van der Waals surface area contributed by atoms with E-state index in [9.17, 15) is 150 Å². The molecule has 438 valence electrons. The van der Waals surface area contributed by atoms with Gasteiger partial charge in [-0.15, -0.1) is 0 Å². The SMILES string of the molecule is [N-]=[N+]=NC(=O)c1ccc[c]([Sn]([CH2]CC(F)(F)C(F)(F)C(F)(F)C(F)(F)C(F)(F)C(F)(F)F)([CH2]CC(F)(F)C(F)(F)C(F)(F)C(F)(F)C(F)(F)C(F)(F)F)[CH2]CC(F)(F)C(F)(F)C(F)(F)C(F)(F)C(F)(F)C(F)(F)F)c1. The van der Waals surface area contributed by atoms with Crippen molar-refractivity contribution in [3.63, 3.8) is 0 Å². The van der Waals surface area contributed by atoms with E-state index in [0.717, 1.165) is 0 Å². The minimum atomic E-state index is -8.96. The first-order valence-corrected chi connectivity index (χ1v) is 25.4. The van der Waals surface area contributed by atoms with Crippen LogP contribution in [0.1, 0.15) is 29.6 Å². The van der Waals surface area contributed by atoms with Crippen molar-refractivity contribution in [3.05, 3.63) is 40.3 Å². The Balaban J connectivity index is 4.66. The van der Waals surface area contributed by atoms with Gasteiger partial charge in [0.25, 0.3) is 0 Å². The Bertz CT molecular complexity index is 2060. The second-order valence-electron chi connectivity index (χ2n) is 15.4. The van der Waals surface area contributed by atoms with E-state index in [4.69, 9.17) is 5.53 Å². The van der Waals surface area contributed by atoms with E-state index in [1.165, 1.54) is 0 Å². The molecule has 0 bridgehead atoms. The molecule has 1 amide bonds. The van der Waals surface area contributed by atoms with Crippen LogP contribution >= 0.6 is 0 Å². The molecule has 1 rings (SSSR count). The molecular formula is C31H16F39N3OSn. The summed E-state index contributed by atoms with van der Waals surface area (Å²) in [6.07, 6.45) is -37.1. The van der Waals surface area contributed by atoms with Crippen molar-refractivity contribution in [3.8, 4) is 0 Å². The van der Waals surface area contributed by atoms with Crippen LogP contribution in [0.5, 0.6) is 0 Å². The molecule has 0 saturated carbocycles. The van der Waals surface area contributed by atoms with Crippen molar-refractivity contribution < 1.29 is 176 Å². The number of carbonyl (C=O) groups excluding carboxylic acids is 1. The summed E-state index contributed by atoms with van der Waals surface area (Å²) in [5.74, 6) is -131. The summed E-state index contributed by atoms with van der Waals surface area (Å²) in [7, 11) is 0. The van der Waals surface area contributed by atoms with Gasteiger partial charge in [-0.1, -0.05) is 0 Å². The molecule has 0 aliphatic heterocycles. The molecule has 0 N–H and O–H groups in total. The van der Waals surface area contributed by atoms with Crippen LogP contribution in [0, 0.1) is 0 Å². The van der Waals surface area contributed by atoms with Crippen LogP contribution in [0.2, 0.25) is 13.3 Å². The monoisotopic (exact) mass is 1310 g/mol. The number of hydrogen-bond acceptors (Lipinski definition) is 1. The molecule has 1 aromatic carbocycles. The molecule has 4 nitrogen and oxygen atoms in total. The number of carbonyl (C=O) groups is 1. The van der Waals surface area contributed by atoms with Crippen molar-refractivity contribution in [2.75, 3.05) is 0 Å². The Morgan fingerprint density at radius 3 is 0.813 bits per heavy atom. The summed E-state index contributed by atoms with van der Waals surface area (Å²) in [6.45, 7) is 0. The Labute approximate surface area is 389 Å². The molecule has 44 heteroatoms. The molecule has 0 spiro atoms. The molecule has 0 aromatic heterocycles. The average molecular weight is 1310 g/mol. The number of amides is 1. The number of nitrogens with zero attached hydrogens (tertiary/aromatic N) is 3. The van der Waals surface area contributed by atoms with E-state index < -0.39 is 179 Å². The fraction of sp³-hybridized carbons (Fsp3) is 0.774. The van der Waals surface area contributed by atoms with Crippen molar-refractivity contribution in [2.45, 2.75) is 140 Å². The van der Waals surface area contributed by atoms with Crippen molar-refractivity contribution in [1.82, 2.24) is 0 Å². The fourth-order valence-electron chi connectivity index (χ4n) is 5.95. The molecule has 1 aromatic rings. The van der Waals surface area contributed by atoms with Gasteiger partial charge >= 0.3 is 389 Å². The number of rotatable bonds is 23. The third-order valence-electron chi connectivity index (χ3n) is 10.6. The third-order valence-corrected chi connectivity index (χ3v) is 25.3. The number of alkyl halides is 39. The zero-order valence-electron chi connectivity index (χ0n) is 34.0. The van der Waals surface area contributed by atoms with E-state index >= 15 is 26.3 Å². The van der Waals surface area contributed by atoms with Crippen molar-refractivity contribution in [2.24, 2.45) is 5.11 Å². The number of azide groups is 1. The van der Waals surface area contributed by atoms with Crippen LogP contribution in [0.3, 0.4) is 0 Å². The first kappa shape index (κ1) is 69.3. The molecule has 0 saturated heterocycles. The van der Waals surface area contributed by atoms with Crippen LogP contribution in [0.15, 0.2) is 29.4 Å². The number of halogens is 39. The van der Waals surface area contributed by atoms with Gasteiger partial charge in [-0.05, 0) is 0 Å². The van der Waals surface area contributed by atoms with Crippen LogP contribution < -0.4 is 3.58 Å². The van der Waals surface area contributed by atoms with Gasteiger partial charge in [-0.2, -0.15) is 0 Å². The van der Waals surface area contributed by atoms with Crippen LogP contribution in [-0.2, 0) is 0 Å². The standard InChI is InChI=1S/3C8H4F13.C7H4N3O.Sn/c3*1-2-3(9,10)4(11,12)5(13,14)6(15,16)7(17,18)8(19,20)21;8-10-9-7(11)6-4-2-1-3-5-6;/h3*1-2H2;1-2,4-5H;. The molecule has 0 aliphatic rings. The molecule has 0 aliphatic carbocycles. The molecular weight excluding hydrogens is 1290 g/mol. The van der Waals surface area contributed by atoms with Gasteiger partial charge < -0.3 is 0 Å². The quantitative estimate of drug-likeness (QED) is 0.0354. The van der Waals surface area contributed by atoms with Gasteiger partial charge in [-0.3, -0.25) is 0 Å². The van der Waals surface area contributed by atoms with Crippen LogP contribution in [0.25, 0.3) is 10.4 Å². The summed E-state index contributed by atoms with van der Waals surface area (Å²) < 4.78 is 531. The first-order chi connectivity index (χ1) is 32.3. The third kappa shape index (κ3) is 10.7. The Kier molecular flexibility index (Phi) is 18.1. The van der Waals surface area contributed by atoms with Gasteiger partial charge in [0, 0.05) is 0 Å². The van der Waals surface area contributed by atoms with Gasteiger partial charge in [0.05, 0.1) is 0 Å². The second-order valence-corrected chi connectivity index (χ2v) is 28.6. The van der Waals surface area contributed by atoms with E-state index in [-0.39, 0.29) is 18.2 Å². The molecule has 0 heterocycles. The van der Waals surface area contributed by atoms with Gasteiger partial charge in [0.15, 0.2) is 0 Å². The van der Waals surface area contributed by atoms with E-state index in [2.05, 4.69) is 5.11 Å². The molecule has 75 heavy (non-hydrogen) atoms. The van der Waals surface area contributed by atoms with Gasteiger partial charge in [0.2, 0.25) is 0 Å². The van der Waals surface area contributed by atoms with E-state index in [1.807, 2.05) is 0 Å². The maximum atomic E-state index is 15.2. The van der Waals surface area contributed by atoms with Crippen LogP contribution in [0.4, 0.5) is 171 Å².